The van der Waals surface area contributed by atoms with E-state index in [1.54, 1.807) is 23.5 Å². The number of piperazine rings is 1. The summed E-state index contributed by atoms with van der Waals surface area (Å²) in [7, 11) is 0. The van der Waals surface area contributed by atoms with Crippen molar-refractivity contribution in [3.8, 4) is 17.0 Å². The van der Waals surface area contributed by atoms with Crippen molar-refractivity contribution in [3.63, 3.8) is 0 Å². The first-order valence-corrected chi connectivity index (χ1v) is 12.2. The third-order valence-electron chi connectivity index (χ3n) is 5.58. The fourth-order valence-electron chi connectivity index (χ4n) is 3.61. The highest BCUT2D eigenvalue weighted by Crippen LogP contribution is 2.23. The number of amides is 2. The van der Waals surface area contributed by atoms with E-state index < -0.39 is 0 Å². The van der Waals surface area contributed by atoms with Crippen molar-refractivity contribution in [1.29, 1.82) is 0 Å². The number of nitrogens with zero attached hydrogens (tertiary/aromatic N) is 3. The fourth-order valence-corrected chi connectivity index (χ4v) is 4.45. The van der Waals surface area contributed by atoms with Crippen molar-refractivity contribution in [3.05, 3.63) is 64.7 Å². The molecule has 0 bridgehead atoms. The summed E-state index contributed by atoms with van der Waals surface area (Å²) in [6.45, 7) is 6.52. The van der Waals surface area contributed by atoms with Gasteiger partial charge in [0.2, 0.25) is 0 Å². The van der Waals surface area contributed by atoms with E-state index in [0.29, 0.717) is 19.7 Å². The Morgan fingerprint density at radius 1 is 1.09 bits per heavy atom. The number of carbonyl (C=O) groups excluding carboxylic acids is 1. The molecule has 0 atom stereocenters. The number of aromatic nitrogens is 1. The lowest BCUT2D eigenvalue weighted by Crippen LogP contribution is -2.49. The minimum atomic E-state index is -0.246. The number of rotatable bonds is 8. The van der Waals surface area contributed by atoms with Gasteiger partial charge >= 0.3 is 6.03 Å². The van der Waals surface area contributed by atoms with Crippen LogP contribution in [0.25, 0.3) is 11.3 Å². The lowest BCUT2D eigenvalue weighted by atomic mass is 10.2. The second kappa shape index (κ2) is 11.2. The van der Waals surface area contributed by atoms with Gasteiger partial charge in [-0.25, -0.2) is 14.2 Å². The summed E-state index contributed by atoms with van der Waals surface area (Å²) < 4.78 is 18.8. The van der Waals surface area contributed by atoms with Gasteiger partial charge in [-0.15, -0.1) is 11.3 Å². The molecule has 2 aromatic carbocycles. The molecule has 6 nitrogen and oxygen atoms in total. The molecular weight excluding hydrogens is 439 g/mol. The van der Waals surface area contributed by atoms with Gasteiger partial charge in [0.1, 0.15) is 16.6 Å². The molecule has 8 heteroatoms. The minimum Gasteiger partial charge on any atom is -0.494 e. The summed E-state index contributed by atoms with van der Waals surface area (Å²) in [5, 5.41) is 6.00. The van der Waals surface area contributed by atoms with E-state index in [1.165, 1.54) is 12.1 Å². The second-order valence-electron chi connectivity index (χ2n) is 8.05. The second-order valence-corrected chi connectivity index (χ2v) is 9.00. The first-order valence-electron chi connectivity index (χ1n) is 11.3. The predicted molar refractivity (Wildman–Crippen MR) is 130 cm³/mol. The Kier molecular flexibility index (Phi) is 7.91. The first-order chi connectivity index (χ1) is 16.1. The molecule has 2 amide bonds. The SMILES string of the molecule is CCCCOc1ccc(NC(=O)N2CCN(Cc3nc(-c4ccc(F)cc4)cs3)CC2)cc1. The summed E-state index contributed by atoms with van der Waals surface area (Å²) in [6.07, 6.45) is 2.13. The average Bonchev–Trinajstić information content (AvgIpc) is 3.30. The quantitative estimate of drug-likeness (QED) is 0.445. The number of nitrogens with one attached hydrogen (secondary N) is 1. The third kappa shape index (κ3) is 6.52. The summed E-state index contributed by atoms with van der Waals surface area (Å²) in [6, 6.07) is 13.8. The molecule has 3 aromatic rings. The van der Waals surface area contributed by atoms with E-state index in [2.05, 4.69) is 17.1 Å². The number of hydrogen-bond donors (Lipinski definition) is 1. The molecule has 1 N–H and O–H groups in total. The van der Waals surface area contributed by atoms with Gasteiger partial charge < -0.3 is 15.0 Å². The molecule has 4 rings (SSSR count). The van der Waals surface area contributed by atoms with Gasteiger partial charge in [-0.1, -0.05) is 13.3 Å². The molecular formula is C25H29FN4O2S. The average molecular weight is 469 g/mol. The van der Waals surface area contributed by atoms with Gasteiger partial charge in [-0.2, -0.15) is 0 Å². The van der Waals surface area contributed by atoms with Crippen molar-refractivity contribution in [2.45, 2.75) is 26.3 Å². The summed E-state index contributed by atoms with van der Waals surface area (Å²) in [5.74, 6) is 0.574. The Balaban J connectivity index is 1.22. The number of urea groups is 1. The van der Waals surface area contributed by atoms with Crippen LogP contribution >= 0.6 is 11.3 Å². The van der Waals surface area contributed by atoms with Crippen LogP contribution in [0.5, 0.6) is 5.75 Å². The van der Waals surface area contributed by atoms with Crippen molar-refractivity contribution in [2.75, 3.05) is 38.1 Å². The number of unbranched alkanes of at least 4 members (excludes halogenated alkanes) is 1. The maximum Gasteiger partial charge on any atom is 0.321 e. The number of benzene rings is 2. The van der Waals surface area contributed by atoms with Gasteiger partial charge in [0, 0.05) is 42.8 Å². The zero-order chi connectivity index (χ0) is 23.0. The van der Waals surface area contributed by atoms with Crippen LogP contribution in [0.15, 0.2) is 53.9 Å². The molecule has 2 heterocycles. The van der Waals surface area contributed by atoms with Crippen molar-refractivity contribution < 1.29 is 13.9 Å². The van der Waals surface area contributed by atoms with E-state index in [1.807, 2.05) is 34.5 Å². The molecule has 1 aliphatic rings. The molecule has 0 saturated carbocycles. The van der Waals surface area contributed by atoms with Gasteiger partial charge in [0.25, 0.3) is 0 Å². The smallest absolute Gasteiger partial charge is 0.321 e. The summed E-state index contributed by atoms with van der Waals surface area (Å²) in [5.41, 5.74) is 2.55. The Morgan fingerprint density at radius 2 is 1.82 bits per heavy atom. The molecule has 33 heavy (non-hydrogen) atoms. The number of halogens is 1. The number of thiazole rings is 1. The van der Waals surface area contributed by atoms with Crippen LogP contribution in [0.2, 0.25) is 0 Å². The van der Waals surface area contributed by atoms with E-state index in [0.717, 1.165) is 60.2 Å². The van der Waals surface area contributed by atoms with Crippen molar-refractivity contribution >= 4 is 23.1 Å². The highest BCUT2D eigenvalue weighted by molar-refractivity contribution is 7.09. The van der Waals surface area contributed by atoms with E-state index >= 15 is 0 Å². The first kappa shape index (κ1) is 23.2. The molecule has 0 unspecified atom stereocenters. The lowest BCUT2D eigenvalue weighted by molar-refractivity contribution is 0.143. The molecule has 0 spiro atoms. The fraction of sp³-hybridized carbons (Fsp3) is 0.360. The van der Waals surface area contributed by atoms with Crippen LogP contribution in [0.4, 0.5) is 14.9 Å². The van der Waals surface area contributed by atoms with E-state index in [4.69, 9.17) is 9.72 Å². The number of carbonyl (C=O) groups is 1. The van der Waals surface area contributed by atoms with E-state index in [-0.39, 0.29) is 11.8 Å². The molecule has 174 valence electrons. The molecule has 1 aliphatic heterocycles. The van der Waals surface area contributed by atoms with Crippen molar-refractivity contribution in [2.24, 2.45) is 0 Å². The van der Waals surface area contributed by atoms with Crippen LogP contribution in [-0.4, -0.2) is 53.6 Å². The van der Waals surface area contributed by atoms with Gasteiger partial charge in [-0.3, -0.25) is 4.90 Å². The monoisotopic (exact) mass is 468 g/mol. The van der Waals surface area contributed by atoms with Crippen LogP contribution < -0.4 is 10.1 Å². The lowest BCUT2D eigenvalue weighted by Gasteiger charge is -2.34. The standard InChI is InChI=1S/C25H29FN4O2S/c1-2-3-16-32-22-10-8-21(9-11-22)27-25(31)30-14-12-29(13-15-30)17-24-28-23(18-33-24)19-4-6-20(26)7-5-19/h4-11,18H,2-3,12-17H2,1H3,(H,27,31). The molecule has 0 radical (unpaired) electrons. The molecule has 0 aliphatic carbocycles. The zero-order valence-corrected chi connectivity index (χ0v) is 19.6. The number of anilines is 1. The Morgan fingerprint density at radius 3 is 2.52 bits per heavy atom. The maximum absolute atomic E-state index is 13.1. The number of ether oxygens (including phenoxy) is 1. The molecule has 1 fully saturated rings. The van der Waals surface area contributed by atoms with Crippen molar-refractivity contribution in [1.82, 2.24) is 14.8 Å². The topological polar surface area (TPSA) is 57.7 Å². The summed E-state index contributed by atoms with van der Waals surface area (Å²) in [4.78, 5) is 21.5. The Labute approximate surface area is 198 Å². The normalized spacial score (nSPS) is 14.3. The van der Waals surface area contributed by atoms with Crippen LogP contribution in [0.1, 0.15) is 24.8 Å². The van der Waals surface area contributed by atoms with Crippen LogP contribution in [0, 0.1) is 5.82 Å². The highest BCUT2D eigenvalue weighted by Gasteiger charge is 2.22. The van der Waals surface area contributed by atoms with Gasteiger partial charge in [-0.05, 0) is 55.0 Å². The Hall–Kier alpha value is -2.97. The zero-order valence-electron chi connectivity index (χ0n) is 18.8. The maximum atomic E-state index is 13.1. The number of hydrogen-bond acceptors (Lipinski definition) is 5. The molecule has 1 saturated heterocycles. The van der Waals surface area contributed by atoms with Crippen LogP contribution in [-0.2, 0) is 6.54 Å². The predicted octanol–water partition coefficient (Wildman–Crippen LogP) is 5.48. The molecule has 1 aromatic heterocycles. The van der Waals surface area contributed by atoms with E-state index in [9.17, 15) is 9.18 Å². The Bertz CT molecular complexity index is 1030. The third-order valence-corrected chi connectivity index (χ3v) is 6.42. The minimum absolute atomic E-state index is 0.0813. The summed E-state index contributed by atoms with van der Waals surface area (Å²) >= 11 is 1.61. The largest absolute Gasteiger partial charge is 0.494 e. The van der Waals surface area contributed by atoms with Crippen LogP contribution in [0.3, 0.4) is 0 Å². The van der Waals surface area contributed by atoms with Gasteiger partial charge in [0.15, 0.2) is 0 Å². The highest BCUT2D eigenvalue weighted by atomic mass is 32.1. The van der Waals surface area contributed by atoms with Gasteiger partial charge in [0.05, 0.1) is 18.8 Å².